The molecule has 1 fully saturated rings. The molecule has 6 heteroatoms. The van der Waals surface area contributed by atoms with Gasteiger partial charge >= 0.3 is 5.97 Å². The van der Waals surface area contributed by atoms with E-state index in [2.05, 4.69) is 10.1 Å². The molecule has 2 atom stereocenters. The summed E-state index contributed by atoms with van der Waals surface area (Å²) in [6.45, 7) is 2.59. The van der Waals surface area contributed by atoms with Crippen LogP contribution in [0.4, 0.5) is 0 Å². The molecule has 1 aromatic rings. The van der Waals surface area contributed by atoms with Gasteiger partial charge in [-0.05, 0) is 18.8 Å². The first-order valence-corrected chi connectivity index (χ1v) is 5.81. The van der Waals surface area contributed by atoms with Crippen molar-refractivity contribution in [3.8, 4) is 0 Å². The molecule has 17 heavy (non-hydrogen) atoms. The Morgan fingerprint density at radius 1 is 1.65 bits per heavy atom. The second kappa shape index (κ2) is 5.27. The van der Waals surface area contributed by atoms with Gasteiger partial charge in [-0.3, -0.25) is 4.79 Å². The Morgan fingerprint density at radius 2 is 2.47 bits per heavy atom. The molecule has 0 bridgehead atoms. The topological polar surface area (TPSA) is 85.5 Å². The highest BCUT2D eigenvalue weighted by Gasteiger charge is 2.23. The summed E-state index contributed by atoms with van der Waals surface area (Å²) in [6, 6.07) is 0. The van der Waals surface area contributed by atoms with Gasteiger partial charge < -0.3 is 14.4 Å². The van der Waals surface area contributed by atoms with E-state index in [0.29, 0.717) is 18.1 Å². The molecule has 1 saturated heterocycles. The number of aliphatic carboxylic acids is 1. The van der Waals surface area contributed by atoms with E-state index in [1.54, 1.807) is 0 Å². The fourth-order valence-electron chi connectivity index (χ4n) is 1.93. The number of hydrogen-bond donors (Lipinski definition) is 1. The van der Waals surface area contributed by atoms with Crippen LogP contribution in [0.5, 0.6) is 0 Å². The number of carboxylic acids is 1. The lowest BCUT2D eigenvalue weighted by molar-refractivity contribution is -0.137. The molecule has 0 radical (unpaired) electrons. The van der Waals surface area contributed by atoms with Crippen molar-refractivity contribution >= 4 is 5.97 Å². The Bertz CT molecular complexity index is 385. The van der Waals surface area contributed by atoms with Crippen LogP contribution in [-0.4, -0.2) is 27.8 Å². The first-order chi connectivity index (χ1) is 8.15. The summed E-state index contributed by atoms with van der Waals surface area (Å²) in [5, 5.41) is 12.5. The Kier molecular flexibility index (Phi) is 3.73. The number of aromatic nitrogens is 2. The van der Waals surface area contributed by atoms with Gasteiger partial charge in [0, 0.05) is 19.4 Å². The SMILES string of the molecule is CC(CC(=O)O)Cc1nc(C2CCCO2)no1. The standard InChI is InChI=1S/C11H16N2O4/c1-7(6-10(14)15)5-9-12-11(13-17-9)8-3-2-4-16-8/h7-8H,2-6H2,1H3,(H,14,15). The molecule has 0 saturated carbocycles. The maximum absolute atomic E-state index is 10.5. The molecule has 94 valence electrons. The Balaban J connectivity index is 1.91. The second-order valence-corrected chi connectivity index (χ2v) is 4.46. The third kappa shape index (κ3) is 3.26. The zero-order valence-corrected chi connectivity index (χ0v) is 9.76. The van der Waals surface area contributed by atoms with Gasteiger partial charge in [0.25, 0.3) is 0 Å². The third-order valence-corrected chi connectivity index (χ3v) is 2.75. The van der Waals surface area contributed by atoms with Crippen LogP contribution >= 0.6 is 0 Å². The molecule has 6 nitrogen and oxygen atoms in total. The summed E-state index contributed by atoms with van der Waals surface area (Å²) in [5.41, 5.74) is 0. The lowest BCUT2D eigenvalue weighted by atomic mass is 10.0. The quantitative estimate of drug-likeness (QED) is 0.840. The fourth-order valence-corrected chi connectivity index (χ4v) is 1.93. The van der Waals surface area contributed by atoms with Crippen molar-refractivity contribution in [2.45, 2.75) is 38.7 Å². The summed E-state index contributed by atoms with van der Waals surface area (Å²) >= 11 is 0. The largest absolute Gasteiger partial charge is 0.481 e. The van der Waals surface area contributed by atoms with E-state index in [0.717, 1.165) is 19.4 Å². The number of rotatable bonds is 5. The van der Waals surface area contributed by atoms with Crippen LogP contribution in [0.3, 0.4) is 0 Å². The van der Waals surface area contributed by atoms with Gasteiger partial charge in [0.2, 0.25) is 11.7 Å². The van der Waals surface area contributed by atoms with Gasteiger partial charge in [0.1, 0.15) is 6.10 Å². The average molecular weight is 240 g/mol. The zero-order valence-electron chi connectivity index (χ0n) is 9.76. The molecule has 1 aromatic heterocycles. The predicted molar refractivity (Wildman–Crippen MR) is 57.3 cm³/mol. The molecule has 2 rings (SSSR count). The number of ether oxygens (including phenoxy) is 1. The van der Waals surface area contributed by atoms with Crippen LogP contribution in [0, 0.1) is 5.92 Å². The van der Waals surface area contributed by atoms with Crippen molar-refractivity contribution in [1.29, 1.82) is 0 Å². The summed E-state index contributed by atoms with van der Waals surface area (Å²) in [4.78, 5) is 14.8. The molecular weight excluding hydrogens is 224 g/mol. The molecule has 0 aromatic carbocycles. The van der Waals surface area contributed by atoms with E-state index in [4.69, 9.17) is 14.4 Å². The normalized spacial score (nSPS) is 21.6. The molecule has 2 heterocycles. The van der Waals surface area contributed by atoms with Crippen LogP contribution in [0.15, 0.2) is 4.52 Å². The number of carbonyl (C=O) groups is 1. The van der Waals surface area contributed by atoms with E-state index in [1.165, 1.54) is 0 Å². The molecule has 0 spiro atoms. The van der Waals surface area contributed by atoms with Crippen LogP contribution in [0.2, 0.25) is 0 Å². The third-order valence-electron chi connectivity index (χ3n) is 2.75. The van der Waals surface area contributed by atoms with Crippen molar-refractivity contribution in [1.82, 2.24) is 10.1 Å². The highest BCUT2D eigenvalue weighted by Crippen LogP contribution is 2.26. The highest BCUT2D eigenvalue weighted by atomic mass is 16.5. The van der Waals surface area contributed by atoms with Gasteiger partial charge in [0.15, 0.2) is 0 Å². The van der Waals surface area contributed by atoms with E-state index in [9.17, 15) is 4.79 Å². The van der Waals surface area contributed by atoms with Crippen molar-refractivity contribution in [2.75, 3.05) is 6.61 Å². The first kappa shape index (κ1) is 12.0. The zero-order chi connectivity index (χ0) is 12.3. The summed E-state index contributed by atoms with van der Waals surface area (Å²) in [6.07, 6.45) is 2.49. The summed E-state index contributed by atoms with van der Waals surface area (Å²) < 4.78 is 10.5. The van der Waals surface area contributed by atoms with Gasteiger partial charge in [-0.15, -0.1) is 0 Å². The first-order valence-electron chi connectivity index (χ1n) is 5.81. The second-order valence-electron chi connectivity index (χ2n) is 4.46. The monoisotopic (exact) mass is 240 g/mol. The van der Waals surface area contributed by atoms with Crippen LogP contribution in [-0.2, 0) is 16.0 Å². The van der Waals surface area contributed by atoms with Crippen LogP contribution < -0.4 is 0 Å². The van der Waals surface area contributed by atoms with Gasteiger partial charge in [-0.25, -0.2) is 0 Å². The highest BCUT2D eigenvalue weighted by molar-refractivity contribution is 5.66. The lowest BCUT2D eigenvalue weighted by Gasteiger charge is -2.03. The maximum atomic E-state index is 10.5. The Hall–Kier alpha value is -1.43. The van der Waals surface area contributed by atoms with Crippen LogP contribution in [0.1, 0.15) is 44.0 Å². The van der Waals surface area contributed by atoms with E-state index < -0.39 is 5.97 Å². The van der Waals surface area contributed by atoms with Crippen LogP contribution in [0.25, 0.3) is 0 Å². The minimum atomic E-state index is -0.809. The van der Waals surface area contributed by atoms with Gasteiger partial charge in [-0.1, -0.05) is 12.1 Å². The Labute approximate surface area is 99.0 Å². The number of carboxylic acid groups (broad SMARTS) is 1. The minimum absolute atomic E-state index is 0.00898. The summed E-state index contributed by atoms with van der Waals surface area (Å²) in [7, 11) is 0. The molecule has 0 aliphatic carbocycles. The maximum Gasteiger partial charge on any atom is 0.303 e. The number of nitrogens with zero attached hydrogens (tertiary/aromatic N) is 2. The van der Waals surface area contributed by atoms with Gasteiger partial charge in [0.05, 0.1) is 0 Å². The van der Waals surface area contributed by atoms with Crippen molar-refractivity contribution in [3.63, 3.8) is 0 Å². The molecular formula is C11H16N2O4. The Morgan fingerprint density at radius 3 is 3.12 bits per heavy atom. The molecule has 2 unspecified atom stereocenters. The smallest absolute Gasteiger partial charge is 0.303 e. The van der Waals surface area contributed by atoms with E-state index in [1.807, 2.05) is 6.92 Å². The summed E-state index contributed by atoms with van der Waals surface area (Å²) in [5.74, 6) is 0.255. The fraction of sp³-hybridized carbons (Fsp3) is 0.727. The molecule has 1 N–H and O–H groups in total. The number of hydrogen-bond acceptors (Lipinski definition) is 5. The minimum Gasteiger partial charge on any atom is -0.481 e. The van der Waals surface area contributed by atoms with Crippen molar-refractivity contribution in [3.05, 3.63) is 11.7 Å². The predicted octanol–water partition coefficient (Wildman–Crippen LogP) is 1.57. The van der Waals surface area contributed by atoms with Crippen molar-refractivity contribution in [2.24, 2.45) is 5.92 Å². The van der Waals surface area contributed by atoms with E-state index in [-0.39, 0.29) is 18.4 Å². The molecule has 1 aliphatic rings. The molecule has 1 aliphatic heterocycles. The molecule has 0 amide bonds. The van der Waals surface area contributed by atoms with Gasteiger partial charge in [-0.2, -0.15) is 4.98 Å². The lowest BCUT2D eigenvalue weighted by Crippen LogP contribution is -2.07. The van der Waals surface area contributed by atoms with E-state index >= 15 is 0 Å². The van der Waals surface area contributed by atoms with Crippen molar-refractivity contribution < 1.29 is 19.2 Å². The average Bonchev–Trinajstić information content (AvgIpc) is 2.84.